The molecule has 0 aromatic heterocycles. The number of unbranched alkanes of at least 4 members (excludes halogenated alkanes) is 1. The third-order valence-corrected chi connectivity index (χ3v) is 1.23. The minimum absolute atomic E-state index is 0. The van der Waals surface area contributed by atoms with Crippen LogP contribution in [0.1, 0.15) is 12.8 Å². The summed E-state index contributed by atoms with van der Waals surface area (Å²) in [6, 6.07) is 0. The Hall–Kier alpha value is -0.740. The second-order valence-corrected chi connectivity index (χ2v) is 2.31. The van der Waals surface area contributed by atoms with Gasteiger partial charge < -0.3 is 15.8 Å². The van der Waals surface area contributed by atoms with Crippen LogP contribution in [0.15, 0.2) is 12.7 Å². The number of alkyl carbamates (subject to hydrolysis) is 1. The lowest BCUT2D eigenvalue weighted by Gasteiger charge is -2.03. The largest absolute Gasteiger partial charge is 0.445 e. The number of carbonyl (C=O) groups excluding carboxylic acids is 1. The topological polar surface area (TPSA) is 64.3 Å². The van der Waals surface area contributed by atoms with Crippen molar-refractivity contribution in [3.8, 4) is 0 Å². The number of hydrogen-bond acceptors (Lipinski definition) is 3. The van der Waals surface area contributed by atoms with Crippen LogP contribution in [0.4, 0.5) is 4.79 Å². The Morgan fingerprint density at radius 1 is 1.54 bits per heavy atom. The third kappa shape index (κ3) is 11.3. The molecule has 0 saturated heterocycles. The summed E-state index contributed by atoms with van der Waals surface area (Å²) in [6.45, 7) is 4.95. The smallest absolute Gasteiger partial charge is 0.407 e. The van der Waals surface area contributed by atoms with Gasteiger partial charge in [0.25, 0.3) is 0 Å². The summed E-state index contributed by atoms with van der Waals surface area (Å²) in [5.74, 6) is 0. The molecule has 1 amide bonds. The first kappa shape index (κ1) is 14.8. The molecule has 13 heavy (non-hydrogen) atoms. The van der Waals surface area contributed by atoms with Crippen LogP contribution in [-0.4, -0.2) is 25.8 Å². The standard InChI is InChI=1S/C8H16N2O2.ClH/c1-2-7-12-8(11)10-6-4-3-5-9;/h2H,1,3-7,9H2,(H,10,11);1H. The normalized spacial score (nSPS) is 8.38. The molecule has 0 aliphatic rings. The maximum atomic E-state index is 10.8. The summed E-state index contributed by atoms with van der Waals surface area (Å²) in [4.78, 5) is 10.8. The fourth-order valence-electron chi connectivity index (χ4n) is 0.645. The molecule has 0 atom stereocenters. The maximum absolute atomic E-state index is 10.8. The van der Waals surface area contributed by atoms with Gasteiger partial charge in [-0.25, -0.2) is 4.79 Å². The highest BCUT2D eigenvalue weighted by Gasteiger charge is 1.97. The number of hydrogen-bond donors (Lipinski definition) is 2. The number of amides is 1. The highest BCUT2D eigenvalue weighted by Crippen LogP contribution is 1.84. The van der Waals surface area contributed by atoms with E-state index in [-0.39, 0.29) is 19.0 Å². The molecule has 4 nitrogen and oxygen atoms in total. The van der Waals surface area contributed by atoms with E-state index in [0.717, 1.165) is 12.8 Å². The number of nitrogens with two attached hydrogens (primary N) is 1. The van der Waals surface area contributed by atoms with Gasteiger partial charge in [0.05, 0.1) is 0 Å². The van der Waals surface area contributed by atoms with E-state index < -0.39 is 6.09 Å². The monoisotopic (exact) mass is 208 g/mol. The Kier molecular flexibility index (Phi) is 12.8. The highest BCUT2D eigenvalue weighted by molar-refractivity contribution is 5.85. The van der Waals surface area contributed by atoms with Crippen molar-refractivity contribution in [3.05, 3.63) is 12.7 Å². The average molecular weight is 209 g/mol. The summed E-state index contributed by atoms with van der Waals surface area (Å²) in [7, 11) is 0. The Labute approximate surface area is 84.9 Å². The van der Waals surface area contributed by atoms with Crippen LogP contribution >= 0.6 is 12.4 Å². The van der Waals surface area contributed by atoms with Crippen molar-refractivity contribution in [1.82, 2.24) is 5.32 Å². The molecule has 0 fully saturated rings. The molecule has 5 heteroatoms. The molecule has 78 valence electrons. The van der Waals surface area contributed by atoms with Gasteiger partial charge in [0.1, 0.15) is 6.61 Å². The molecule has 3 N–H and O–H groups in total. The molecule has 0 aliphatic carbocycles. The van der Waals surface area contributed by atoms with Crippen LogP contribution in [0.3, 0.4) is 0 Å². The predicted octanol–water partition coefficient (Wildman–Crippen LogP) is 1.06. The first-order valence-electron chi connectivity index (χ1n) is 4.03. The van der Waals surface area contributed by atoms with Crippen molar-refractivity contribution >= 4 is 18.5 Å². The van der Waals surface area contributed by atoms with E-state index in [4.69, 9.17) is 5.73 Å². The van der Waals surface area contributed by atoms with Crippen molar-refractivity contribution < 1.29 is 9.53 Å². The van der Waals surface area contributed by atoms with Gasteiger partial charge in [0.2, 0.25) is 0 Å². The molecule has 0 heterocycles. The molecular weight excluding hydrogens is 192 g/mol. The summed E-state index contributed by atoms with van der Waals surface area (Å²) < 4.78 is 4.67. The van der Waals surface area contributed by atoms with Crippen LogP contribution < -0.4 is 11.1 Å². The second-order valence-electron chi connectivity index (χ2n) is 2.31. The van der Waals surface area contributed by atoms with E-state index in [1.165, 1.54) is 6.08 Å². The Morgan fingerprint density at radius 2 is 2.23 bits per heavy atom. The molecule has 0 rings (SSSR count). The highest BCUT2D eigenvalue weighted by atomic mass is 35.5. The van der Waals surface area contributed by atoms with Crippen LogP contribution in [0.2, 0.25) is 0 Å². The number of nitrogens with one attached hydrogen (secondary N) is 1. The van der Waals surface area contributed by atoms with Crippen molar-refractivity contribution in [3.63, 3.8) is 0 Å². The molecule has 0 saturated carbocycles. The maximum Gasteiger partial charge on any atom is 0.407 e. The van der Waals surface area contributed by atoms with Crippen molar-refractivity contribution in [2.75, 3.05) is 19.7 Å². The lowest BCUT2D eigenvalue weighted by atomic mass is 10.3. The molecule has 0 radical (unpaired) electrons. The SMILES string of the molecule is C=CCOC(=O)NCCCCN.Cl. The van der Waals surface area contributed by atoms with Gasteiger partial charge in [-0.1, -0.05) is 12.7 Å². The van der Waals surface area contributed by atoms with Crippen LogP contribution in [-0.2, 0) is 4.74 Å². The zero-order valence-corrected chi connectivity index (χ0v) is 8.44. The lowest BCUT2D eigenvalue weighted by molar-refractivity contribution is 0.158. The Bertz CT molecular complexity index is 142. The fraction of sp³-hybridized carbons (Fsp3) is 0.625. The summed E-state index contributed by atoms with van der Waals surface area (Å²) in [5.41, 5.74) is 5.27. The number of rotatable bonds is 6. The summed E-state index contributed by atoms with van der Waals surface area (Å²) >= 11 is 0. The molecular formula is C8H17ClN2O2. The first-order valence-corrected chi connectivity index (χ1v) is 4.03. The number of carbonyl (C=O) groups is 1. The van der Waals surface area contributed by atoms with E-state index >= 15 is 0 Å². The molecule has 0 aromatic carbocycles. The Morgan fingerprint density at radius 3 is 2.77 bits per heavy atom. The number of halogens is 1. The van der Waals surface area contributed by atoms with Crippen molar-refractivity contribution in [2.24, 2.45) is 5.73 Å². The minimum atomic E-state index is -0.396. The van der Waals surface area contributed by atoms with Crippen LogP contribution in [0, 0.1) is 0 Å². The molecule has 0 unspecified atom stereocenters. The molecule has 0 spiro atoms. The Balaban J connectivity index is 0. The minimum Gasteiger partial charge on any atom is -0.445 e. The van der Waals surface area contributed by atoms with Gasteiger partial charge in [0, 0.05) is 6.54 Å². The van der Waals surface area contributed by atoms with E-state index in [9.17, 15) is 4.79 Å². The van der Waals surface area contributed by atoms with Crippen molar-refractivity contribution in [1.29, 1.82) is 0 Å². The van der Waals surface area contributed by atoms with Gasteiger partial charge >= 0.3 is 6.09 Å². The molecule has 0 bridgehead atoms. The van der Waals surface area contributed by atoms with Gasteiger partial charge in [-0.3, -0.25) is 0 Å². The first-order chi connectivity index (χ1) is 5.81. The summed E-state index contributed by atoms with van der Waals surface area (Å²) in [5, 5.41) is 2.59. The predicted molar refractivity (Wildman–Crippen MR) is 55.1 cm³/mol. The van der Waals surface area contributed by atoms with E-state index in [2.05, 4.69) is 16.6 Å². The van der Waals surface area contributed by atoms with Gasteiger partial charge in [-0.15, -0.1) is 12.4 Å². The van der Waals surface area contributed by atoms with Gasteiger partial charge in [-0.05, 0) is 19.4 Å². The number of ether oxygens (including phenoxy) is 1. The zero-order chi connectivity index (χ0) is 9.23. The molecule has 0 aromatic rings. The van der Waals surface area contributed by atoms with Crippen LogP contribution in [0.25, 0.3) is 0 Å². The van der Waals surface area contributed by atoms with Crippen molar-refractivity contribution in [2.45, 2.75) is 12.8 Å². The average Bonchev–Trinajstić information content (AvgIpc) is 2.09. The summed E-state index contributed by atoms with van der Waals surface area (Å²) in [6.07, 6.45) is 2.94. The fourth-order valence-corrected chi connectivity index (χ4v) is 0.645. The van der Waals surface area contributed by atoms with E-state index in [1.54, 1.807) is 0 Å². The second kappa shape index (κ2) is 11.3. The van der Waals surface area contributed by atoms with Gasteiger partial charge in [0.15, 0.2) is 0 Å². The third-order valence-electron chi connectivity index (χ3n) is 1.23. The zero-order valence-electron chi connectivity index (χ0n) is 7.62. The van der Waals surface area contributed by atoms with E-state index in [0.29, 0.717) is 13.1 Å². The lowest BCUT2D eigenvalue weighted by Crippen LogP contribution is -2.25. The van der Waals surface area contributed by atoms with Gasteiger partial charge in [-0.2, -0.15) is 0 Å². The quantitative estimate of drug-likeness (QED) is 0.507. The molecule has 0 aliphatic heterocycles. The van der Waals surface area contributed by atoms with E-state index in [1.807, 2.05) is 0 Å². The van der Waals surface area contributed by atoms with Crippen LogP contribution in [0.5, 0.6) is 0 Å².